The van der Waals surface area contributed by atoms with E-state index >= 15 is 0 Å². The Kier molecular flexibility index (Phi) is 5.01. The molecule has 0 aliphatic carbocycles. The summed E-state index contributed by atoms with van der Waals surface area (Å²) in [6.07, 6.45) is 2.05. The van der Waals surface area contributed by atoms with Gasteiger partial charge in [0.1, 0.15) is 42.1 Å². The first-order chi connectivity index (χ1) is 14.9. The summed E-state index contributed by atoms with van der Waals surface area (Å²) in [6.45, 7) is 0.580. The number of anilines is 3. The van der Waals surface area contributed by atoms with Crippen LogP contribution in [0.1, 0.15) is 11.1 Å². The van der Waals surface area contributed by atoms with Gasteiger partial charge in [-0.3, -0.25) is 0 Å². The molecule has 9 nitrogen and oxygen atoms in total. The van der Waals surface area contributed by atoms with Gasteiger partial charge in [-0.25, -0.2) is 15.0 Å². The molecule has 160 valence electrons. The zero-order valence-corrected chi connectivity index (χ0v) is 18.0. The average molecular weight is 485 g/mol. The van der Waals surface area contributed by atoms with Gasteiger partial charge in [0.25, 0.3) is 0 Å². The van der Waals surface area contributed by atoms with Crippen LogP contribution in [0.3, 0.4) is 0 Å². The maximum Gasteiger partial charge on any atom is 0.161 e. The lowest BCUT2D eigenvalue weighted by molar-refractivity contribution is 0.0202. The zero-order chi connectivity index (χ0) is 21.7. The van der Waals surface area contributed by atoms with Crippen LogP contribution in [0.25, 0.3) is 17.0 Å². The molecule has 0 amide bonds. The molecule has 5 rings (SSSR count). The molecule has 0 radical (unpaired) electrons. The molecule has 2 aliphatic rings. The Morgan fingerprint density at radius 2 is 1.97 bits per heavy atom. The van der Waals surface area contributed by atoms with Gasteiger partial charge in [0.15, 0.2) is 6.23 Å². The van der Waals surface area contributed by atoms with Gasteiger partial charge in [0, 0.05) is 17.5 Å². The lowest BCUT2D eigenvalue weighted by Gasteiger charge is -2.27. The molecule has 0 unspecified atom stereocenters. The molecule has 0 spiro atoms. The minimum Gasteiger partial charge on any atom is -0.387 e. The molecule has 2 aliphatic heterocycles. The summed E-state index contributed by atoms with van der Waals surface area (Å²) < 4.78 is 6.76. The third-order valence-electron chi connectivity index (χ3n) is 5.71. The standard InChI is InChI=1S/C21H21BrN6O3/c22-13-8-11-3-1-10(7-14(11)27-19(13)24)2-4-15-16(29)17(30)21(31-15)28-6-5-12-18(23)25-9-26-20(12)28/h1-4,7-9,15-17,21,29-30H,5-6H2,(H2,24,27)(H2,23,25,26)/b4-2+/t15-,16-,17-,21-/m1/s1. The molecule has 0 saturated carbocycles. The van der Waals surface area contributed by atoms with E-state index in [1.54, 1.807) is 6.08 Å². The molecule has 1 aromatic carbocycles. The highest BCUT2D eigenvalue weighted by atomic mass is 79.9. The van der Waals surface area contributed by atoms with Crippen LogP contribution >= 0.6 is 15.9 Å². The Morgan fingerprint density at radius 1 is 1.13 bits per heavy atom. The first kappa shape index (κ1) is 20.1. The summed E-state index contributed by atoms with van der Waals surface area (Å²) in [5.74, 6) is 1.48. The normalized spacial score (nSPS) is 25.6. The van der Waals surface area contributed by atoms with Gasteiger partial charge in [-0.05, 0) is 40.0 Å². The van der Waals surface area contributed by atoms with Crippen molar-refractivity contribution < 1.29 is 14.9 Å². The molecular weight excluding hydrogens is 464 g/mol. The molecule has 6 N–H and O–H groups in total. The summed E-state index contributed by atoms with van der Waals surface area (Å²) >= 11 is 3.38. The van der Waals surface area contributed by atoms with E-state index in [0.717, 1.165) is 26.5 Å². The molecule has 0 bridgehead atoms. The van der Waals surface area contributed by atoms with Crippen molar-refractivity contribution >= 4 is 50.4 Å². The first-order valence-corrected chi connectivity index (χ1v) is 10.6. The Labute approximate surface area is 186 Å². The molecule has 1 saturated heterocycles. The van der Waals surface area contributed by atoms with Crippen LogP contribution in [-0.4, -0.2) is 56.2 Å². The smallest absolute Gasteiger partial charge is 0.161 e. The van der Waals surface area contributed by atoms with Crippen LogP contribution in [0.15, 0.2) is 41.1 Å². The monoisotopic (exact) mass is 484 g/mol. The molecule has 31 heavy (non-hydrogen) atoms. The van der Waals surface area contributed by atoms with E-state index in [0.29, 0.717) is 30.4 Å². The van der Waals surface area contributed by atoms with Crippen molar-refractivity contribution in [1.82, 2.24) is 15.0 Å². The number of hydrogen-bond donors (Lipinski definition) is 4. The molecule has 3 aromatic rings. The number of aliphatic hydroxyl groups excluding tert-OH is 2. The number of hydrogen-bond acceptors (Lipinski definition) is 9. The van der Waals surface area contributed by atoms with Crippen LogP contribution in [0.5, 0.6) is 0 Å². The van der Waals surface area contributed by atoms with Crippen molar-refractivity contribution in [1.29, 1.82) is 0 Å². The fourth-order valence-corrected chi connectivity index (χ4v) is 4.41. The van der Waals surface area contributed by atoms with Crippen molar-refractivity contribution in [2.24, 2.45) is 0 Å². The van der Waals surface area contributed by atoms with Gasteiger partial charge in [-0.1, -0.05) is 24.3 Å². The lowest BCUT2D eigenvalue weighted by Crippen LogP contribution is -2.43. The van der Waals surface area contributed by atoms with Crippen LogP contribution in [-0.2, 0) is 11.2 Å². The largest absolute Gasteiger partial charge is 0.387 e. The Hall–Kier alpha value is -2.79. The second-order valence-electron chi connectivity index (χ2n) is 7.64. The number of aliphatic hydroxyl groups is 2. The number of rotatable bonds is 3. The number of ether oxygens (including phenoxy) is 1. The number of fused-ring (bicyclic) bond motifs is 2. The van der Waals surface area contributed by atoms with E-state index in [1.807, 2.05) is 35.2 Å². The van der Waals surface area contributed by atoms with Gasteiger partial charge in [0.05, 0.1) is 9.99 Å². The predicted octanol–water partition coefficient (Wildman–Crippen LogP) is 1.47. The van der Waals surface area contributed by atoms with Crippen LogP contribution < -0.4 is 16.4 Å². The van der Waals surface area contributed by atoms with Crippen molar-refractivity contribution in [3.8, 4) is 0 Å². The molecular formula is C21H21BrN6O3. The van der Waals surface area contributed by atoms with Crippen molar-refractivity contribution in [2.45, 2.75) is 31.0 Å². The number of aromatic nitrogens is 3. The van der Waals surface area contributed by atoms with Crippen molar-refractivity contribution in [3.63, 3.8) is 0 Å². The van der Waals surface area contributed by atoms with Crippen molar-refractivity contribution in [2.75, 3.05) is 22.9 Å². The Bertz CT molecular complexity index is 1190. The van der Waals surface area contributed by atoms with Gasteiger partial charge in [-0.2, -0.15) is 0 Å². The fourth-order valence-electron chi connectivity index (χ4n) is 4.07. The van der Waals surface area contributed by atoms with E-state index in [1.165, 1.54) is 6.33 Å². The summed E-state index contributed by atoms with van der Waals surface area (Å²) in [5, 5.41) is 22.1. The Balaban J connectivity index is 1.36. The van der Waals surface area contributed by atoms with E-state index in [-0.39, 0.29) is 0 Å². The topological polar surface area (TPSA) is 144 Å². The highest BCUT2D eigenvalue weighted by Crippen LogP contribution is 2.35. The highest BCUT2D eigenvalue weighted by Gasteiger charge is 2.46. The Morgan fingerprint density at radius 3 is 2.81 bits per heavy atom. The number of benzene rings is 1. The highest BCUT2D eigenvalue weighted by molar-refractivity contribution is 9.10. The molecule has 4 heterocycles. The predicted molar refractivity (Wildman–Crippen MR) is 121 cm³/mol. The zero-order valence-electron chi connectivity index (χ0n) is 16.4. The van der Waals surface area contributed by atoms with Gasteiger partial charge in [-0.15, -0.1) is 0 Å². The second kappa shape index (κ2) is 7.72. The van der Waals surface area contributed by atoms with E-state index < -0.39 is 24.5 Å². The van der Waals surface area contributed by atoms with Gasteiger partial charge < -0.3 is 31.3 Å². The van der Waals surface area contributed by atoms with Crippen LogP contribution in [0, 0.1) is 0 Å². The van der Waals surface area contributed by atoms with Gasteiger partial charge in [0.2, 0.25) is 0 Å². The summed E-state index contributed by atoms with van der Waals surface area (Å²) in [6, 6.07) is 7.70. The third kappa shape index (κ3) is 3.51. The van der Waals surface area contributed by atoms with Crippen LogP contribution in [0.4, 0.5) is 17.5 Å². The molecule has 4 atom stereocenters. The number of nitrogens with two attached hydrogens (primary N) is 2. The number of nitrogen functional groups attached to an aromatic ring is 2. The quantitative estimate of drug-likeness (QED) is 0.434. The van der Waals surface area contributed by atoms with E-state index in [2.05, 4.69) is 30.9 Å². The minimum absolute atomic E-state index is 0.421. The summed E-state index contributed by atoms with van der Waals surface area (Å²) in [5.41, 5.74) is 14.3. The second-order valence-corrected chi connectivity index (χ2v) is 8.50. The summed E-state index contributed by atoms with van der Waals surface area (Å²) in [7, 11) is 0. The van der Waals surface area contributed by atoms with Crippen molar-refractivity contribution in [3.05, 3.63) is 52.3 Å². The maximum absolute atomic E-state index is 10.6. The fraction of sp³-hybridized carbons (Fsp3) is 0.286. The van der Waals surface area contributed by atoms with Gasteiger partial charge >= 0.3 is 0 Å². The first-order valence-electron chi connectivity index (χ1n) is 9.84. The average Bonchev–Trinajstić information content (AvgIpc) is 3.30. The molecule has 2 aromatic heterocycles. The third-order valence-corrected chi connectivity index (χ3v) is 6.35. The number of nitrogens with zero attached hydrogens (tertiary/aromatic N) is 4. The summed E-state index contributed by atoms with van der Waals surface area (Å²) in [4.78, 5) is 14.5. The SMILES string of the molecule is Nc1nc2cc(/C=C/[C@H]3O[C@@H](N4CCc5c(N)ncnc54)[C@H](O)[C@@H]3O)ccc2cc1Br. The number of pyridine rings is 1. The minimum atomic E-state index is -1.09. The molecule has 10 heteroatoms. The van der Waals surface area contributed by atoms with E-state index in [4.69, 9.17) is 16.2 Å². The molecule has 1 fully saturated rings. The maximum atomic E-state index is 10.6. The van der Waals surface area contributed by atoms with Crippen LogP contribution in [0.2, 0.25) is 0 Å². The van der Waals surface area contributed by atoms with E-state index in [9.17, 15) is 10.2 Å². The lowest BCUT2D eigenvalue weighted by atomic mass is 10.1. The number of halogens is 1.